The van der Waals surface area contributed by atoms with Crippen molar-refractivity contribution in [3.63, 3.8) is 0 Å². The Morgan fingerprint density at radius 1 is 1.80 bits per heavy atom. The largest absolute Gasteiger partial charge is 0.480 e. The van der Waals surface area contributed by atoms with Gasteiger partial charge in [-0.05, 0) is 12.8 Å². The van der Waals surface area contributed by atoms with Crippen LogP contribution in [0.3, 0.4) is 0 Å². The van der Waals surface area contributed by atoms with Crippen LogP contribution < -0.4 is 5.73 Å². The van der Waals surface area contributed by atoms with E-state index in [0.29, 0.717) is 6.42 Å². The Bertz CT molecular complexity index is 157. The number of aliphatic hydroxyl groups excluding tert-OH is 1. The fourth-order valence-electron chi connectivity index (χ4n) is 1.20. The minimum absolute atomic E-state index is 0.122. The van der Waals surface area contributed by atoms with E-state index in [4.69, 9.17) is 15.9 Å². The highest BCUT2D eigenvalue weighted by Gasteiger charge is 2.49. The molecule has 0 aromatic heterocycles. The Morgan fingerprint density at radius 3 is 2.50 bits per heavy atom. The van der Waals surface area contributed by atoms with Crippen LogP contribution in [0.2, 0.25) is 0 Å². The quantitative estimate of drug-likeness (QED) is 0.473. The average Bonchev–Trinajstić information content (AvgIpc) is 1.85. The Labute approximate surface area is 58.6 Å². The molecule has 1 saturated carbocycles. The zero-order valence-corrected chi connectivity index (χ0v) is 5.58. The molecule has 2 unspecified atom stereocenters. The first kappa shape index (κ1) is 7.50. The molecule has 4 nitrogen and oxygen atoms in total. The molecule has 4 N–H and O–H groups in total. The van der Waals surface area contributed by atoms with Crippen LogP contribution in [0.25, 0.3) is 0 Å². The Morgan fingerprint density at radius 2 is 2.40 bits per heavy atom. The van der Waals surface area contributed by atoms with Gasteiger partial charge in [0.25, 0.3) is 0 Å². The van der Waals surface area contributed by atoms with E-state index in [1.807, 2.05) is 0 Å². The third-order valence-electron chi connectivity index (χ3n) is 2.25. The van der Waals surface area contributed by atoms with Gasteiger partial charge in [0, 0.05) is 12.5 Å². The molecular formula is C6H11NO3. The molecule has 2 atom stereocenters. The van der Waals surface area contributed by atoms with Crippen molar-refractivity contribution < 1.29 is 15.0 Å². The SMILES string of the molecule is NC1(C(=O)O)CCC1CO. The maximum Gasteiger partial charge on any atom is 0.324 e. The molecule has 1 fully saturated rings. The molecule has 0 aromatic rings. The van der Waals surface area contributed by atoms with Crippen molar-refractivity contribution in [3.8, 4) is 0 Å². The lowest BCUT2D eigenvalue weighted by Crippen LogP contribution is -2.61. The lowest BCUT2D eigenvalue weighted by atomic mass is 9.68. The van der Waals surface area contributed by atoms with Crippen LogP contribution in [-0.4, -0.2) is 28.3 Å². The number of carbonyl (C=O) groups is 1. The van der Waals surface area contributed by atoms with Gasteiger partial charge in [-0.2, -0.15) is 0 Å². The molecule has 4 heteroatoms. The lowest BCUT2D eigenvalue weighted by Gasteiger charge is -2.41. The van der Waals surface area contributed by atoms with Crippen molar-refractivity contribution in [3.05, 3.63) is 0 Å². The summed E-state index contributed by atoms with van der Waals surface area (Å²) in [6.07, 6.45) is 1.20. The highest BCUT2D eigenvalue weighted by atomic mass is 16.4. The maximum absolute atomic E-state index is 10.4. The van der Waals surface area contributed by atoms with Crippen molar-refractivity contribution in [1.29, 1.82) is 0 Å². The van der Waals surface area contributed by atoms with Crippen LogP contribution in [-0.2, 0) is 4.79 Å². The van der Waals surface area contributed by atoms with Gasteiger partial charge in [0.1, 0.15) is 5.54 Å². The number of carboxylic acids is 1. The average molecular weight is 145 g/mol. The molecule has 10 heavy (non-hydrogen) atoms. The molecule has 0 saturated heterocycles. The smallest absolute Gasteiger partial charge is 0.324 e. The van der Waals surface area contributed by atoms with Crippen LogP contribution >= 0.6 is 0 Å². The van der Waals surface area contributed by atoms with Crippen molar-refractivity contribution >= 4 is 5.97 Å². The number of hydrogen-bond donors (Lipinski definition) is 3. The topological polar surface area (TPSA) is 83.6 Å². The molecule has 0 bridgehead atoms. The number of rotatable bonds is 2. The summed E-state index contributed by atoms with van der Waals surface area (Å²) in [6, 6.07) is 0. The van der Waals surface area contributed by atoms with Gasteiger partial charge in [-0.3, -0.25) is 4.79 Å². The second kappa shape index (κ2) is 2.21. The summed E-state index contributed by atoms with van der Waals surface area (Å²) < 4.78 is 0. The lowest BCUT2D eigenvalue weighted by molar-refractivity contribution is -0.151. The third kappa shape index (κ3) is 0.803. The van der Waals surface area contributed by atoms with E-state index in [1.165, 1.54) is 0 Å². The molecule has 1 rings (SSSR count). The molecule has 0 aromatic carbocycles. The van der Waals surface area contributed by atoms with Crippen LogP contribution in [0, 0.1) is 5.92 Å². The van der Waals surface area contributed by atoms with E-state index in [-0.39, 0.29) is 12.5 Å². The van der Waals surface area contributed by atoms with Gasteiger partial charge in [0.15, 0.2) is 0 Å². The summed E-state index contributed by atoms with van der Waals surface area (Å²) in [5, 5.41) is 17.2. The van der Waals surface area contributed by atoms with Crippen LogP contribution in [0.1, 0.15) is 12.8 Å². The van der Waals surface area contributed by atoms with Gasteiger partial charge >= 0.3 is 5.97 Å². The van der Waals surface area contributed by atoms with Gasteiger partial charge in [-0.15, -0.1) is 0 Å². The summed E-state index contributed by atoms with van der Waals surface area (Å²) in [5.41, 5.74) is 4.30. The predicted molar refractivity (Wildman–Crippen MR) is 34.4 cm³/mol. The fourth-order valence-corrected chi connectivity index (χ4v) is 1.20. The Hall–Kier alpha value is -0.610. The standard InChI is InChI=1S/C6H11NO3/c7-6(5(9)10)2-1-4(6)3-8/h4,8H,1-3,7H2,(H,9,10). The normalized spacial score (nSPS) is 38.8. The molecule has 0 heterocycles. The van der Waals surface area contributed by atoms with Gasteiger partial charge in [-0.1, -0.05) is 0 Å². The molecule has 0 aliphatic heterocycles. The number of nitrogens with two attached hydrogens (primary N) is 1. The third-order valence-corrected chi connectivity index (χ3v) is 2.25. The zero-order valence-electron chi connectivity index (χ0n) is 5.58. The summed E-state index contributed by atoms with van der Waals surface area (Å²) in [5.74, 6) is -1.25. The van der Waals surface area contributed by atoms with Crippen LogP contribution in [0.5, 0.6) is 0 Å². The maximum atomic E-state index is 10.4. The van der Waals surface area contributed by atoms with E-state index in [9.17, 15) is 4.79 Å². The fraction of sp³-hybridized carbons (Fsp3) is 0.833. The van der Waals surface area contributed by atoms with Crippen molar-refractivity contribution in [2.75, 3.05) is 6.61 Å². The first-order valence-electron chi connectivity index (χ1n) is 3.24. The minimum Gasteiger partial charge on any atom is -0.480 e. The molecule has 58 valence electrons. The van der Waals surface area contributed by atoms with Gasteiger partial charge in [-0.25, -0.2) is 0 Å². The van der Waals surface area contributed by atoms with E-state index in [0.717, 1.165) is 6.42 Å². The van der Waals surface area contributed by atoms with Crippen molar-refractivity contribution in [2.45, 2.75) is 18.4 Å². The van der Waals surface area contributed by atoms with E-state index in [2.05, 4.69) is 0 Å². The monoisotopic (exact) mass is 145 g/mol. The minimum atomic E-state index is -1.14. The second-order valence-corrected chi connectivity index (χ2v) is 2.76. The van der Waals surface area contributed by atoms with E-state index < -0.39 is 11.5 Å². The van der Waals surface area contributed by atoms with Crippen molar-refractivity contribution in [1.82, 2.24) is 0 Å². The molecule has 1 aliphatic carbocycles. The first-order valence-corrected chi connectivity index (χ1v) is 3.24. The first-order chi connectivity index (χ1) is 4.61. The summed E-state index contributed by atoms with van der Waals surface area (Å²) in [7, 11) is 0. The van der Waals surface area contributed by atoms with E-state index >= 15 is 0 Å². The molecule has 0 radical (unpaired) electrons. The highest BCUT2D eigenvalue weighted by molar-refractivity contribution is 5.80. The molecule has 0 spiro atoms. The molecule has 0 amide bonds. The van der Waals surface area contributed by atoms with Gasteiger partial charge in [0.2, 0.25) is 0 Å². The molecular weight excluding hydrogens is 134 g/mol. The predicted octanol–water partition coefficient (Wildman–Crippen LogP) is -0.829. The Balaban J connectivity index is 2.61. The number of carboxylic acid groups (broad SMARTS) is 1. The van der Waals surface area contributed by atoms with Crippen LogP contribution in [0.15, 0.2) is 0 Å². The summed E-state index contributed by atoms with van der Waals surface area (Å²) in [4.78, 5) is 10.4. The summed E-state index contributed by atoms with van der Waals surface area (Å²) in [6.45, 7) is -0.122. The van der Waals surface area contributed by atoms with Crippen LogP contribution in [0.4, 0.5) is 0 Å². The Kier molecular flexibility index (Phi) is 1.66. The summed E-state index contributed by atoms with van der Waals surface area (Å²) >= 11 is 0. The number of aliphatic carboxylic acids is 1. The van der Waals surface area contributed by atoms with Gasteiger partial charge in [0.05, 0.1) is 0 Å². The highest BCUT2D eigenvalue weighted by Crippen LogP contribution is 2.35. The second-order valence-electron chi connectivity index (χ2n) is 2.76. The van der Waals surface area contributed by atoms with E-state index in [1.54, 1.807) is 0 Å². The number of aliphatic hydroxyl groups is 1. The molecule has 1 aliphatic rings. The number of hydrogen-bond acceptors (Lipinski definition) is 3. The zero-order chi connectivity index (χ0) is 7.78. The van der Waals surface area contributed by atoms with Gasteiger partial charge < -0.3 is 15.9 Å². The van der Waals surface area contributed by atoms with Crippen molar-refractivity contribution in [2.24, 2.45) is 11.7 Å².